The average Bonchev–Trinajstić information content (AvgIpc) is 2.52. The van der Waals surface area contributed by atoms with Crippen LogP contribution in [0, 0.1) is 23.7 Å². The predicted octanol–water partition coefficient (Wildman–Crippen LogP) is 4.40. The Morgan fingerprint density at radius 1 is 1.16 bits per heavy atom. The zero-order valence-electron chi connectivity index (χ0n) is 12.7. The van der Waals surface area contributed by atoms with Crippen molar-refractivity contribution in [1.82, 2.24) is 0 Å². The van der Waals surface area contributed by atoms with E-state index in [1.54, 1.807) is 0 Å². The SMILES string of the molecule is Cc1ccc(NC(=O)[C@@H]2CCC(C)(C)C2(C)C)cc1. The van der Waals surface area contributed by atoms with Crippen molar-refractivity contribution in [1.29, 1.82) is 0 Å². The fraction of sp³-hybridized carbons (Fsp3) is 0.588. The maximum Gasteiger partial charge on any atom is 0.228 e. The summed E-state index contributed by atoms with van der Waals surface area (Å²) in [6.07, 6.45) is 2.10. The smallest absolute Gasteiger partial charge is 0.228 e. The molecule has 1 aromatic carbocycles. The standard InChI is InChI=1S/C17H25NO/c1-12-6-8-13(9-7-12)18-15(19)14-10-11-16(2,3)17(14,4)5/h6-9,14H,10-11H2,1-5H3,(H,18,19)/t14-/m0/s1. The maximum atomic E-state index is 12.5. The van der Waals surface area contributed by atoms with Crippen molar-refractivity contribution in [3.63, 3.8) is 0 Å². The van der Waals surface area contributed by atoms with Gasteiger partial charge in [0.25, 0.3) is 0 Å². The molecule has 0 radical (unpaired) electrons. The number of hydrogen-bond donors (Lipinski definition) is 1. The number of hydrogen-bond acceptors (Lipinski definition) is 1. The highest BCUT2D eigenvalue weighted by molar-refractivity contribution is 5.93. The molecule has 1 atom stereocenters. The molecule has 0 saturated heterocycles. The van der Waals surface area contributed by atoms with Crippen LogP contribution in [0.3, 0.4) is 0 Å². The Morgan fingerprint density at radius 3 is 2.21 bits per heavy atom. The zero-order chi connectivity index (χ0) is 14.3. The minimum Gasteiger partial charge on any atom is -0.326 e. The fourth-order valence-electron chi connectivity index (χ4n) is 2.98. The molecule has 1 fully saturated rings. The predicted molar refractivity (Wildman–Crippen MR) is 80.1 cm³/mol. The Labute approximate surface area is 116 Å². The van der Waals surface area contributed by atoms with Crippen LogP contribution in [0.1, 0.15) is 46.1 Å². The molecule has 19 heavy (non-hydrogen) atoms. The molecule has 1 amide bonds. The molecule has 1 aliphatic rings. The van der Waals surface area contributed by atoms with Crippen molar-refractivity contribution in [2.45, 2.75) is 47.5 Å². The van der Waals surface area contributed by atoms with Gasteiger partial charge in [0.15, 0.2) is 0 Å². The Hall–Kier alpha value is -1.31. The third-order valence-electron chi connectivity index (χ3n) is 5.31. The van der Waals surface area contributed by atoms with E-state index in [-0.39, 0.29) is 22.7 Å². The van der Waals surface area contributed by atoms with Crippen LogP contribution in [0.25, 0.3) is 0 Å². The van der Waals surface area contributed by atoms with Crippen molar-refractivity contribution in [3.8, 4) is 0 Å². The third-order valence-corrected chi connectivity index (χ3v) is 5.31. The molecule has 0 unspecified atom stereocenters. The van der Waals surface area contributed by atoms with Crippen molar-refractivity contribution in [3.05, 3.63) is 29.8 Å². The number of aryl methyl sites for hydroxylation is 1. The second-order valence-electron chi connectivity index (χ2n) is 7.05. The molecule has 104 valence electrons. The molecule has 0 aliphatic heterocycles. The van der Waals surface area contributed by atoms with Gasteiger partial charge >= 0.3 is 0 Å². The van der Waals surface area contributed by atoms with E-state index >= 15 is 0 Å². The number of carbonyl (C=O) groups excluding carboxylic acids is 1. The fourth-order valence-corrected chi connectivity index (χ4v) is 2.98. The lowest BCUT2D eigenvalue weighted by Gasteiger charge is -2.38. The van der Waals surface area contributed by atoms with Crippen LogP contribution in [0.2, 0.25) is 0 Å². The first kappa shape index (κ1) is 14.1. The number of nitrogens with one attached hydrogen (secondary N) is 1. The Kier molecular flexibility index (Phi) is 3.46. The summed E-state index contributed by atoms with van der Waals surface area (Å²) in [5, 5.41) is 3.07. The maximum absolute atomic E-state index is 12.5. The van der Waals surface area contributed by atoms with Crippen molar-refractivity contribution < 1.29 is 4.79 Å². The third kappa shape index (κ3) is 2.54. The van der Waals surface area contributed by atoms with Crippen LogP contribution in [0.4, 0.5) is 5.69 Å². The molecule has 1 aliphatic carbocycles. The summed E-state index contributed by atoms with van der Waals surface area (Å²) >= 11 is 0. The minimum atomic E-state index is 0.0434. The molecule has 2 nitrogen and oxygen atoms in total. The van der Waals surface area contributed by atoms with Crippen molar-refractivity contribution in [2.24, 2.45) is 16.7 Å². The van der Waals surface area contributed by atoms with Gasteiger partial charge < -0.3 is 5.32 Å². The van der Waals surface area contributed by atoms with Crippen LogP contribution >= 0.6 is 0 Å². The first-order valence-corrected chi connectivity index (χ1v) is 7.11. The molecule has 0 bridgehead atoms. The van der Waals surface area contributed by atoms with Crippen molar-refractivity contribution >= 4 is 11.6 Å². The average molecular weight is 259 g/mol. The van der Waals surface area contributed by atoms with Crippen LogP contribution in [0.15, 0.2) is 24.3 Å². The quantitative estimate of drug-likeness (QED) is 0.838. The second kappa shape index (κ2) is 4.66. The Morgan fingerprint density at radius 2 is 1.74 bits per heavy atom. The summed E-state index contributed by atoms with van der Waals surface area (Å²) in [4.78, 5) is 12.5. The van der Waals surface area contributed by atoms with Gasteiger partial charge in [-0.05, 0) is 42.7 Å². The van der Waals surface area contributed by atoms with E-state index < -0.39 is 0 Å². The first-order chi connectivity index (χ1) is 8.74. The molecule has 1 aromatic rings. The van der Waals surface area contributed by atoms with Gasteiger partial charge in [0, 0.05) is 11.6 Å². The lowest BCUT2D eigenvalue weighted by atomic mass is 9.67. The summed E-state index contributed by atoms with van der Waals surface area (Å²) in [7, 11) is 0. The van der Waals surface area contributed by atoms with Gasteiger partial charge in [-0.25, -0.2) is 0 Å². The van der Waals surface area contributed by atoms with Gasteiger partial charge in [0.05, 0.1) is 0 Å². The molecule has 0 spiro atoms. The molecule has 1 saturated carbocycles. The van der Waals surface area contributed by atoms with Crippen molar-refractivity contribution in [2.75, 3.05) is 5.32 Å². The van der Waals surface area contributed by atoms with E-state index in [0.29, 0.717) is 0 Å². The van der Waals surface area contributed by atoms with E-state index in [9.17, 15) is 4.79 Å². The van der Waals surface area contributed by atoms with E-state index in [1.165, 1.54) is 5.56 Å². The number of benzene rings is 1. The highest BCUT2D eigenvalue weighted by Gasteiger charge is 2.51. The normalized spacial score (nSPS) is 24.2. The van der Waals surface area contributed by atoms with Crippen LogP contribution in [0.5, 0.6) is 0 Å². The second-order valence-corrected chi connectivity index (χ2v) is 7.05. The van der Waals surface area contributed by atoms with E-state index in [1.807, 2.05) is 31.2 Å². The first-order valence-electron chi connectivity index (χ1n) is 7.11. The molecule has 1 N–H and O–H groups in total. The van der Waals surface area contributed by atoms with E-state index in [2.05, 4.69) is 33.0 Å². The molecule has 2 rings (SSSR count). The lowest BCUT2D eigenvalue weighted by molar-refractivity contribution is -0.123. The Bertz CT molecular complexity index is 471. The zero-order valence-corrected chi connectivity index (χ0v) is 12.7. The monoisotopic (exact) mass is 259 g/mol. The Balaban J connectivity index is 2.11. The topological polar surface area (TPSA) is 29.1 Å². The van der Waals surface area contributed by atoms with Crippen LogP contribution < -0.4 is 5.32 Å². The van der Waals surface area contributed by atoms with Gasteiger partial charge in [-0.1, -0.05) is 45.4 Å². The molecule has 0 aromatic heterocycles. The molecule has 2 heteroatoms. The summed E-state index contributed by atoms with van der Waals surface area (Å²) in [5.74, 6) is 0.267. The van der Waals surface area contributed by atoms with Gasteiger partial charge in [0.2, 0.25) is 5.91 Å². The van der Waals surface area contributed by atoms with E-state index in [4.69, 9.17) is 0 Å². The highest BCUT2D eigenvalue weighted by Crippen LogP contribution is 2.55. The summed E-state index contributed by atoms with van der Waals surface area (Å²) in [6.45, 7) is 11.0. The van der Waals surface area contributed by atoms with Gasteiger partial charge in [-0.3, -0.25) is 4.79 Å². The summed E-state index contributed by atoms with van der Waals surface area (Å²) in [5.41, 5.74) is 2.38. The number of amides is 1. The summed E-state index contributed by atoms with van der Waals surface area (Å²) < 4.78 is 0. The van der Waals surface area contributed by atoms with Gasteiger partial charge in [-0.2, -0.15) is 0 Å². The minimum absolute atomic E-state index is 0.0434. The molecule has 0 heterocycles. The van der Waals surface area contributed by atoms with E-state index in [0.717, 1.165) is 18.5 Å². The van der Waals surface area contributed by atoms with Crippen LogP contribution in [-0.2, 0) is 4.79 Å². The van der Waals surface area contributed by atoms with Gasteiger partial charge in [0.1, 0.15) is 0 Å². The largest absolute Gasteiger partial charge is 0.326 e. The number of carbonyl (C=O) groups is 1. The summed E-state index contributed by atoms with van der Waals surface area (Å²) in [6, 6.07) is 8.00. The molecular formula is C17H25NO. The van der Waals surface area contributed by atoms with Crippen LogP contribution in [-0.4, -0.2) is 5.91 Å². The molecular weight excluding hydrogens is 234 g/mol. The lowest BCUT2D eigenvalue weighted by Crippen LogP contribution is -2.37. The number of anilines is 1. The highest BCUT2D eigenvalue weighted by atomic mass is 16.1. The number of rotatable bonds is 2. The van der Waals surface area contributed by atoms with Gasteiger partial charge in [-0.15, -0.1) is 0 Å².